The van der Waals surface area contributed by atoms with Gasteiger partial charge in [-0.3, -0.25) is 0 Å². The Bertz CT molecular complexity index is 1290. The Morgan fingerprint density at radius 1 is 1.19 bits per heavy atom. The van der Waals surface area contributed by atoms with Crippen LogP contribution in [0.4, 0.5) is 0 Å². The summed E-state index contributed by atoms with van der Waals surface area (Å²) in [4.78, 5) is 12.8. The highest BCUT2D eigenvalue weighted by Crippen LogP contribution is 2.40. The molecule has 0 fully saturated rings. The van der Waals surface area contributed by atoms with E-state index < -0.39 is 11.9 Å². The lowest BCUT2D eigenvalue weighted by Gasteiger charge is -2.27. The standard InChI is InChI=1S/C26H25N3O3/c1-4-31-26(30)23-17(3)32-25(28)21(14-27)24(23)20-10-9-19-11-12-29(22(19)13-20)15-18-7-5-16(2)6-8-18/h5-13,24H,4,15,28H2,1-3H3. The number of aromatic nitrogens is 1. The van der Waals surface area contributed by atoms with Crippen LogP contribution in [0.25, 0.3) is 10.9 Å². The summed E-state index contributed by atoms with van der Waals surface area (Å²) in [5, 5.41) is 10.9. The maximum atomic E-state index is 12.8. The van der Waals surface area contributed by atoms with Gasteiger partial charge < -0.3 is 19.8 Å². The minimum atomic E-state index is -0.653. The molecule has 162 valence electrons. The van der Waals surface area contributed by atoms with Gasteiger partial charge in [0, 0.05) is 18.3 Å². The predicted molar refractivity (Wildman–Crippen MR) is 122 cm³/mol. The lowest BCUT2D eigenvalue weighted by molar-refractivity contribution is -0.139. The number of ether oxygens (including phenoxy) is 2. The van der Waals surface area contributed by atoms with Crippen LogP contribution in [0.1, 0.15) is 36.5 Å². The van der Waals surface area contributed by atoms with Gasteiger partial charge >= 0.3 is 5.97 Å². The first-order valence-electron chi connectivity index (χ1n) is 10.5. The van der Waals surface area contributed by atoms with Crippen molar-refractivity contribution in [3.05, 3.63) is 94.2 Å². The van der Waals surface area contributed by atoms with Gasteiger partial charge in [0.25, 0.3) is 0 Å². The lowest BCUT2D eigenvalue weighted by Crippen LogP contribution is -2.25. The zero-order valence-corrected chi connectivity index (χ0v) is 18.4. The summed E-state index contributed by atoms with van der Waals surface area (Å²) >= 11 is 0. The van der Waals surface area contributed by atoms with Crippen molar-refractivity contribution in [3.63, 3.8) is 0 Å². The molecule has 0 saturated heterocycles. The molecule has 2 aromatic carbocycles. The van der Waals surface area contributed by atoms with Crippen LogP contribution in [0.15, 0.2) is 77.5 Å². The molecule has 0 amide bonds. The van der Waals surface area contributed by atoms with E-state index in [0.29, 0.717) is 17.9 Å². The van der Waals surface area contributed by atoms with Crippen LogP contribution in [-0.2, 0) is 20.8 Å². The number of nitrogens with zero attached hydrogens (tertiary/aromatic N) is 2. The van der Waals surface area contributed by atoms with Crippen molar-refractivity contribution < 1.29 is 14.3 Å². The SMILES string of the molecule is CCOC(=O)C1=C(C)OC(N)=C(C#N)C1c1ccc2ccn(Cc3ccc(C)cc3)c2c1. The molecule has 2 N–H and O–H groups in total. The quantitative estimate of drug-likeness (QED) is 0.599. The first kappa shape index (κ1) is 21.3. The van der Waals surface area contributed by atoms with Gasteiger partial charge in [-0.1, -0.05) is 42.0 Å². The van der Waals surface area contributed by atoms with E-state index in [-0.39, 0.29) is 18.1 Å². The van der Waals surface area contributed by atoms with Crippen molar-refractivity contribution in [2.75, 3.05) is 6.61 Å². The van der Waals surface area contributed by atoms with Crippen LogP contribution in [0.5, 0.6) is 0 Å². The van der Waals surface area contributed by atoms with Crippen LogP contribution in [0, 0.1) is 18.3 Å². The summed E-state index contributed by atoms with van der Waals surface area (Å²) in [5.41, 5.74) is 10.7. The highest BCUT2D eigenvalue weighted by molar-refractivity contribution is 5.93. The molecule has 1 aromatic heterocycles. The third kappa shape index (κ3) is 3.85. The second-order valence-corrected chi connectivity index (χ2v) is 7.86. The molecule has 0 bridgehead atoms. The topological polar surface area (TPSA) is 90.3 Å². The van der Waals surface area contributed by atoms with Gasteiger partial charge in [-0.25, -0.2) is 4.79 Å². The van der Waals surface area contributed by atoms with Crippen molar-refractivity contribution in [2.45, 2.75) is 33.2 Å². The number of fused-ring (bicyclic) bond motifs is 1. The molecule has 0 radical (unpaired) electrons. The van der Waals surface area contributed by atoms with Gasteiger partial charge in [0.15, 0.2) is 0 Å². The third-order valence-electron chi connectivity index (χ3n) is 5.71. The van der Waals surface area contributed by atoms with Gasteiger partial charge in [-0.2, -0.15) is 5.26 Å². The van der Waals surface area contributed by atoms with Crippen molar-refractivity contribution in [1.82, 2.24) is 4.57 Å². The number of benzene rings is 2. The Labute approximate surface area is 187 Å². The number of allylic oxidation sites excluding steroid dienone is 2. The van der Waals surface area contributed by atoms with Crippen LogP contribution < -0.4 is 5.73 Å². The molecule has 32 heavy (non-hydrogen) atoms. The normalized spacial score (nSPS) is 16.1. The summed E-state index contributed by atoms with van der Waals surface area (Å²) in [6, 6.07) is 18.5. The molecule has 3 aromatic rings. The number of aryl methyl sites for hydroxylation is 1. The minimum absolute atomic E-state index is 0.0122. The fourth-order valence-electron chi connectivity index (χ4n) is 4.10. The Morgan fingerprint density at radius 2 is 1.94 bits per heavy atom. The molecule has 0 aliphatic carbocycles. The van der Waals surface area contributed by atoms with E-state index in [1.165, 1.54) is 11.1 Å². The average molecular weight is 428 g/mol. The van der Waals surface area contributed by atoms with E-state index in [1.54, 1.807) is 13.8 Å². The van der Waals surface area contributed by atoms with Gasteiger partial charge in [0.2, 0.25) is 5.88 Å². The second kappa shape index (κ2) is 8.64. The maximum absolute atomic E-state index is 12.8. The second-order valence-electron chi connectivity index (χ2n) is 7.86. The summed E-state index contributed by atoms with van der Waals surface area (Å²) in [6.07, 6.45) is 2.04. The number of nitriles is 1. The fourth-order valence-corrected chi connectivity index (χ4v) is 4.10. The number of rotatable bonds is 5. The molecule has 6 nitrogen and oxygen atoms in total. The molecule has 1 atom stereocenters. The molecule has 1 unspecified atom stereocenters. The van der Waals surface area contributed by atoms with Crippen LogP contribution in [0.3, 0.4) is 0 Å². The first-order valence-corrected chi connectivity index (χ1v) is 10.5. The van der Waals surface area contributed by atoms with Crippen molar-refractivity contribution in [1.29, 1.82) is 5.26 Å². The molecule has 4 rings (SSSR count). The minimum Gasteiger partial charge on any atom is -0.463 e. The summed E-state index contributed by atoms with van der Waals surface area (Å²) in [5.74, 6) is -0.802. The van der Waals surface area contributed by atoms with Gasteiger partial charge in [-0.15, -0.1) is 0 Å². The van der Waals surface area contributed by atoms with E-state index in [0.717, 1.165) is 16.5 Å². The summed E-state index contributed by atoms with van der Waals surface area (Å²) < 4.78 is 12.9. The fraction of sp³-hybridized carbons (Fsp3) is 0.231. The molecular formula is C26H25N3O3. The zero-order valence-electron chi connectivity index (χ0n) is 18.4. The number of carbonyl (C=O) groups excluding carboxylic acids is 1. The molecule has 2 heterocycles. The van der Waals surface area contributed by atoms with Crippen LogP contribution in [0.2, 0.25) is 0 Å². The Balaban J connectivity index is 1.81. The van der Waals surface area contributed by atoms with Gasteiger partial charge in [0.05, 0.1) is 18.1 Å². The number of esters is 1. The highest BCUT2D eigenvalue weighted by atomic mass is 16.5. The number of hydrogen-bond donors (Lipinski definition) is 1. The average Bonchev–Trinajstić information content (AvgIpc) is 3.17. The maximum Gasteiger partial charge on any atom is 0.338 e. The van der Waals surface area contributed by atoms with Crippen LogP contribution >= 0.6 is 0 Å². The molecule has 1 aliphatic heterocycles. The summed E-state index contributed by atoms with van der Waals surface area (Å²) in [7, 11) is 0. The zero-order chi connectivity index (χ0) is 22.8. The van der Waals surface area contributed by atoms with Crippen molar-refractivity contribution in [2.24, 2.45) is 5.73 Å². The van der Waals surface area contributed by atoms with Gasteiger partial charge in [0.1, 0.15) is 17.4 Å². The molecule has 6 heteroatoms. The van der Waals surface area contributed by atoms with E-state index in [9.17, 15) is 10.1 Å². The molecular weight excluding hydrogens is 402 g/mol. The molecule has 0 spiro atoms. The van der Waals surface area contributed by atoms with Crippen molar-refractivity contribution in [3.8, 4) is 6.07 Å². The lowest BCUT2D eigenvalue weighted by atomic mass is 9.83. The van der Waals surface area contributed by atoms with Gasteiger partial charge in [-0.05, 0) is 49.4 Å². The van der Waals surface area contributed by atoms with Crippen molar-refractivity contribution >= 4 is 16.9 Å². The Morgan fingerprint density at radius 3 is 2.62 bits per heavy atom. The Hall–Kier alpha value is -3.98. The van der Waals surface area contributed by atoms with E-state index in [2.05, 4.69) is 47.9 Å². The van der Waals surface area contributed by atoms with Crippen LogP contribution in [-0.4, -0.2) is 17.1 Å². The largest absolute Gasteiger partial charge is 0.463 e. The highest BCUT2D eigenvalue weighted by Gasteiger charge is 2.36. The number of carbonyl (C=O) groups is 1. The van der Waals surface area contributed by atoms with E-state index in [1.807, 2.05) is 24.4 Å². The first-order chi connectivity index (χ1) is 15.4. The number of nitrogens with two attached hydrogens (primary N) is 1. The Kier molecular flexibility index (Phi) is 5.74. The monoisotopic (exact) mass is 427 g/mol. The third-order valence-corrected chi connectivity index (χ3v) is 5.71. The van der Waals surface area contributed by atoms with E-state index >= 15 is 0 Å². The smallest absolute Gasteiger partial charge is 0.338 e. The molecule has 1 aliphatic rings. The number of hydrogen-bond acceptors (Lipinski definition) is 5. The summed E-state index contributed by atoms with van der Waals surface area (Å²) in [6.45, 7) is 6.41. The predicted octanol–water partition coefficient (Wildman–Crippen LogP) is 4.64. The van der Waals surface area contributed by atoms with E-state index in [4.69, 9.17) is 15.2 Å². The molecule has 0 saturated carbocycles.